The molecule has 2 heterocycles. The first-order valence-electron chi connectivity index (χ1n) is 13.9. The normalized spacial score (nSPS) is 17.0. The van der Waals surface area contributed by atoms with Crippen LogP contribution in [0.5, 0.6) is 0 Å². The van der Waals surface area contributed by atoms with Crippen LogP contribution in [-0.2, 0) is 27.4 Å². The van der Waals surface area contributed by atoms with Crippen LogP contribution in [0.1, 0.15) is 61.9 Å². The molecule has 2 aromatic carbocycles. The van der Waals surface area contributed by atoms with Crippen molar-refractivity contribution in [3.63, 3.8) is 0 Å². The lowest BCUT2D eigenvalue weighted by atomic mass is 9.82. The Morgan fingerprint density at radius 3 is 2.48 bits per heavy atom. The molecule has 7 nitrogen and oxygen atoms in total. The van der Waals surface area contributed by atoms with Crippen LogP contribution in [-0.4, -0.2) is 29.8 Å². The molecule has 0 saturated heterocycles. The molecule has 2 aromatic heterocycles. The number of aromatic amines is 1. The van der Waals surface area contributed by atoms with Gasteiger partial charge in [0.1, 0.15) is 5.54 Å². The predicted octanol–water partition coefficient (Wildman–Crippen LogP) is 6.30. The van der Waals surface area contributed by atoms with E-state index in [1.165, 1.54) is 6.92 Å². The van der Waals surface area contributed by atoms with Crippen LogP contribution < -0.4 is 10.0 Å². The summed E-state index contributed by atoms with van der Waals surface area (Å²) in [5.41, 5.74) is -0.695. The first kappa shape index (κ1) is 29.8. The highest BCUT2D eigenvalue weighted by atomic mass is 32.2. The monoisotopic (exact) mass is 598 g/mol. The van der Waals surface area contributed by atoms with Crippen molar-refractivity contribution in [2.45, 2.75) is 68.1 Å². The number of carbonyl (C=O) groups excluding carboxylic acids is 1. The van der Waals surface area contributed by atoms with Gasteiger partial charge < -0.3 is 10.3 Å². The number of benzene rings is 2. The Kier molecular flexibility index (Phi) is 8.43. The second-order valence-electron chi connectivity index (χ2n) is 11.1. The van der Waals surface area contributed by atoms with Crippen LogP contribution in [0, 0.1) is 5.92 Å². The third kappa shape index (κ3) is 6.52. The van der Waals surface area contributed by atoms with E-state index in [1.54, 1.807) is 18.5 Å². The number of H-pyrrole nitrogens is 1. The smallest absolute Gasteiger partial charge is 0.361 e. The second kappa shape index (κ2) is 11.9. The van der Waals surface area contributed by atoms with Gasteiger partial charge in [-0.3, -0.25) is 9.78 Å². The Bertz CT molecular complexity index is 1650. The van der Waals surface area contributed by atoms with Crippen molar-refractivity contribution in [1.29, 1.82) is 0 Å². The number of sulfonamides is 1. The molecule has 5 rings (SSSR count). The van der Waals surface area contributed by atoms with Crippen molar-refractivity contribution in [2.24, 2.45) is 5.92 Å². The number of rotatable bonds is 9. The number of para-hydroxylation sites is 1. The van der Waals surface area contributed by atoms with Crippen LogP contribution in [0.15, 0.2) is 84.0 Å². The lowest BCUT2D eigenvalue weighted by Gasteiger charge is -2.35. The maximum absolute atomic E-state index is 14.2. The summed E-state index contributed by atoms with van der Waals surface area (Å²) >= 11 is 0. The number of pyridine rings is 1. The molecule has 1 aliphatic rings. The van der Waals surface area contributed by atoms with Crippen LogP contribution in [0.4, 0.5) is 13.2 Å². The highest BCUT2D eigenvalue weighted by molar-refractivity contribution is 7.89. The number of amides is 1. The van der Waals surface area contributed by atoms with Gasteiger partial charge in [0, 0.05) is 29.7 Å². The Hall–Kier alpha value is -3.70. The molecular formula is C31H33F3N4O3S. The minimum absolute atomic E-state index is 0.0549. The molecule has 2 atom stereocenters. The minimum Gasteiger partial charge on any atom is -0.361 e. The molecular weight excluding hydrogens is 565 g/mol. The summed E-state index contributed by atoms with van der Waals surface area (Å²) in [7, 11) is -4.56. The number of halogens is 3. The number of alkyl halides is 3. The fourth-order valence-corrected chi connectivity index (χ4v) is 7.19. The maximum Gasteiger partial charge on any atom is 0.416 e. The molecule has 42 heavy (non-hydrogen) atoms. The molecule has 3 N–H and O–H groups in total. The zero-order valence-electron chi connectivity index (χ0n) is 23.1. The number of hydrogen-bond donors (Lipinski definition) is 3. The van der Waals surface area contributed by atoms with Crippen LogP contribution in [0.25, 0.3) is 10.9 Å². The van der Waals surface area contributed by atoms with Crippen LogP contribution in [0.2, 0.25) is 0 Å². The molecule has 0 bridgehead atoms. The van der Waals surface area contributed by atoms with E-state index in [4.69, 9.17) is 0 Å². The molecule has 4 aromatic rings. The van der Waals surface area contributed by atoms with E-state index >= 15 is 0 Å². The first-order chi connectivity index (χ1) is 20.0. The molecule has 11 heteroatoms. The Morgan fingerprint density at radius 1 is 1.02 bits per heavy atom. The lowest BCUT2D eigenvalue weighted by molar-refractivity contribution is -0.137. The number of carbonyl (C=O) groups is 1. The lowest BCUT2D eigenvalue weighted by Crippen LogP contribution is -2.59. The third-order valence-corrected chi connectivity index (χ3v) is 9.56. The number of aromatic nitrogens is 2. The molecule has 0 aliphatic heterocycles. The molecule has 0 radical (unpaired) electrons. The Balaban J connectivity index is 1.53. The van der Waals surface area contributed by atoms with Gasteiger partial charge in [0.15, 0.2) is 0 Å². The van der Waals surface area contributed by atoms with Gasteiger partial charge in [0.2, 0.25) is 15.9 Å². The number of nitrogens with one attached hydrogen (secondary N) is 3. The summed E-state index contributed by atoms with van der Waals surface area (Å²) in [5, 5.41) is 3.90. The maximum atomic E-state index is 14.2. The van der Waals surface area contributed by atoms with E-state index < -0.39 is 44.1 Å². The molecule has 1 aliphatic carbocycles. The molecule has 222 valence electrons. The number of fused-ring (bicyclic) bond motifs is 1. The predicted molar refractivity (Wildman–Crippen MR) is 154 cm³/mol. The summed E-state index contributed by atoms with van der Waals surface area (Å²) in [6, 6.07) is 15.9. The molecule has 0 spiro atoms. The van der Waals surface area contributed by atoms with Crippen molar-refractivity contribution in [2.75, 3.05) is 0 Å². The zero-order valence-corrected chi connectivity index (χ0v) is 23.9. The third-order valence-electron chi connectivity index (χ3n) is 7.97. The Labute approximate surface area is 243 Å². The quantitative estimate of drug-likeness (QED) is 0.210. The van der Waals surface area contributed by atoms with E-state index in [1.807, 2.05) is 36.4 Å². The van der Waals surface area contributed by atoms with Crippen LogP contribution >= 0.6 is 0 Å². The van der Waals surface area contributed by atoms with Crippen molar-refractivity contribution in [3.05, 3.63) is 95.9 Å². The average molecular weight is 599 g/mol. The fourth-order valence-electron chi connectivity index (χ4n) is 5.78. The first-order valence-corrected chi connectivity index (χ1v) is 15.4. The van der Waals surface area contributed by atoms with Gasteiger partial charge in [-0.25, -0.2) is 8.42 Å². The summed E-state index contributed by atoms with van der Waals surface area (Å²) in [4.78, 5) is 21.3. The summed E-state index contributed by atoms with van der Waals surface area (Å²) in [5.74, 6) is -0.487. The fraction of sp³-hybridized carbons (Fsp3) is 0.355. The van der Waals surface area contributed by atoms with Crippen molar-refractivity contribution >= 4 is 26.8 Å². The zero-order chi connectivity index (χ0) is 30.0. The number of hydrogen-bond acceptors (Lipinski definition) is 4. The highest BCUT2D eigenvalue weighted by Gasteiger charge is 2.41. The summed E-state index contributed by atoms with van der Waals surface area (Å²) < 4.78 is 69.9. The van der Waals surface area contributed by atoms with Crippen LogP contribution in [0.3, 0.4) is 0 Å². The summed E-state index contributed by atoms with van der Waals surface area (Å²) in [6.07, 6.45) is 3.48. The van der Waals surface area contributed by atoms with Gasteiger partial charge >= 0.3 is 6.18 Å². The van der Waals surface area contributed by atoms with Crippen molar-refractivity contribution in [3.8, 4) is 0 Å². The van der Waals surface area contributed by atoms with Crippen molar-refractivity contribution < 1.29 is 26.4 Å². The standard InChI is InChI=1S/C31H33F3N4O3S/c1-30(19-22-20-36-26-15-6-5-14-25(22)26,38-42(40,41)24-13-9-12-23(18-24)31(32,33)34)29(39)37-28(21-10-3-2-4-11-21)27-16-7-8-17-35-27/h5-9,12-18,20-21,28,36,38H,2-4,10-11,19H2,1H3,(H,37,39). The molecule has 1 saturated carbocycles. The highest BCUT2D eigenvalue weighted by Crippen LogP contribution is 2.35. The van der Waals surface area contributed by atoms with Crippen molar-refractivity contribution in [1.82, 2.24) is 20.0 Å². The van der Waals surface area contributed by atoms with E-state index in [0.717, 1.165) is 61.2 Å². The molecule has 1 amide bonds. The van der Waals surface area contributed by atoms with E-state index in [0.29, 0.717) is 17.3 Å². The molecule has 1 fully saturated rings. The van der Waals surface area contributed by atoms with Gasteiger partial charge in [0.05, 0.1) is 22.2 Å². The molecule has 2 unspecified atom stereocenters. The van der Waals surface area contributed by atoms with E-state index in [-0.39, 0.29) is 12.3 Å². The second-order valence-corrected chi connectivity index (χ2v) is 12.8. The summed E-state index contributed by atoms with van der Waals surface area (Å²) in [6.45, 7) is 1.46. The largest absolute Gasteiger partial charge is 0.416 e. The SMILES string of the molecule is CC(Cc1c[nH]c2ccccc12)(NS(=O)(=O)c1cccc(C(F)(F)F)c1)C(=O)NC(c1ccccn1)C1CCCCC1. The van der Waals surface area contributed by atoms with Gasteiger partial charge in [-0.2, -0.15) is 17.9 Å². The number of nitrogens with zero attached hydrogens (tertiary/aromatic N) is 1. The average Bonchev–Trinajstić information content (AvgIpc) is 3.38. The Morgan fingerprint density at radius 2 is 1.76 bits per heavy atom. The van der Waals surface area contributed by atoms with E-state index in [2.05, 4.69) is 20.0 Å². The van der Waals surface area contributed by atoms with Gasteiger partial charge in [0.25, 0.3) is 0 Å². The van der Waals surface area contributed by atoms with Gasteiger partial charge in [-0.05, 0) is 67.6 Å². The van der Waals surface area contributed by atoms with Gasteiger partial charge in [-0.1, -0.05) is 49.6 Å². The van der Waals surface area contributed by atoms with E-state index in [9.17, 15) is 26.4 Å². The topological polar surface area (TPSA) is 104 Å². The minimum atomic E-state index is -4.73. The van der Waals surface area contributed by atoms with Gasteiger partial charge in [-0.15, -0.1) is 0 Å².